The molecule has 2 heterocycles. The first-order valence-electron chi connectivity index (χ1n) is 5.90. The Morgan fingerprint density at radius 1 is 1.53 bits per heavy atom. The van der Waals surface area contributed by atoms with Crippen molar-refractivity contribution in [2.75, 3.05) is 7.05 Å². The fraction of sp³-hybridized carbons (Fsp3) is 0.917. The van der Waals surface area contributed by atoms with Gasteiger partial charge in [0.1, 0.15) is 0 Å². The van der Waals surface area contributed by atoms with Crippen LogP contribution in [0.1, 0.15) is 46.5 Å². The van der Waals surface area contributed by atoms with Gasteiger partial charge in [0, 0.05) is 18.9 Å². The molecule has 0 aromatic carbocycles. The van der Waals surface area contributed by atoms with Gasteiger partial charge >= 0.3 is 0 Å². The number of rotatable bonds is 1. The molecule has 2 fully saturated rings. The molecule has 86 valence electrons. The zero-order valence-corrected chi connectivity index (χ0v) is 10.2. The minimum absolute atomic E-state index is 0.0899. The van der Waals surface area contributed by atoms with Crippen molar-refractivity contribution in [1.82, 2.24) is 4.90 Å². The topological polar surface area (TPSA) is 29.5 Å². The van der Waals surface area contributed by atoms with E-state index in [4.69, 9.17) is 4.74 Å². The summed E-state index contributed by atoms with van der Waals surface area (Å²) in [5, 5.41) is 0. The highest BCUT2D eigenvalue weighted by Gasteiger charge is 2.64. The second-order valence-corrected chi connectivity index (χ2v) is 5.33. The molecule has 0 aromatic heterocycles. The molecule has 2 unspecified atom stereocenters. The molecule has 0 aromatic rings. The molecule has 2 rings (SSSR count). The first kappa shape index (κ1) is 10.9. The van der Waals surface area contributed by atoms with Crippen molar-refractivity contribution in [2.45, 2.75) is 58.3 Å². The minimum atomic E-state index is -0.316. The van der Waals surface area contributed by atoms with Gasteiger partial charge in [-0.3, -0.25) is 4.79 Å². The predicted octanol–water partition coefficient (Wildman–Crippen LogP) is 2.16. The molecule has 0 radical (unpaired) electrons. The number of carbonyl (C=O) groups is 1. The van der Waals surface area contributed by atoms with E-state index in [9.17, 15) is 4.79 Å². The molecular formula is C12H21NO2. The van der Waals surface area contributed by atoms with E-state index in [-0.39, 0.29) is 17.0 Å². The number of likely N-dealkylation sites (tertiary alicyclic amines) is 1. The van der Waals surface area contributed by atoms with Crippen LogP contribution in [0.25, 0.3) is 0 Å². The van der Waals surface area contributed by atoms with Gasteiger partial charge in [-0.25, -0.2) is 0 Å². The molecule has 3 heteroatoms. The highest BCUT2D eigenvalue weighted by Crippen LogP contribution is 2.56. The number of ether oxygens (including phenoxy) is 1. The van der Waals surface area contributed by atoms with Crippen molar-refractivity contribution in [3.63, 3.8) is 0 Å². The maximum absolute atomic E-state index is 11.7. The standard InChI is InChI=1S/C12H21NO2/c1-5-9-11(2,3)12(15-9)8-6-7-10(14)13(12)4/h9H,5-8H2,1-4H3. The van der Waals surface area contributed by atoms with Crippen molar-refractivity contribution >= 4 is 5.91 Å². The number of piperidine rings is 1. The van der Waals surface area contributed by atoms with Crippen LogP contribution in [0, 0.1) is 5.41 Å². The summed E-state index contributed by atoms with van der Waals surface area (Å²) in [6.45, 7) is 6.59. The molecule has 1 spiro atoms. The average Bonchev–Trinajstić information content (AvgIpc) is 2.19. The highest BCUT2D eigenvalue weighted by molar-refractivity contribution is 5.77. The molecule has 2 atom stereocenters. The van der Waals surface area contributed by atoms with E-state index in [1.165, 1.54) is 0 Å². The summed E-state index contributed by atoms with van der Waals surface area (Å²) in [4.78, 5) is 13.6. The van der Waals surface area contributed by atoms with Crippen molar-refractivity contribution in [3.05, 3.63) is 0 Å². The van der Waals surface area contributed by atoms with Crippen molar-refractivity contribution in [1.29, 1.82) is 0 Å². The molecule has 0 bridgehead atoms. The lowest BCUT2D eigenvalue weighted by Crippen LogP contribution is -2.74. The Morgan fingerprint density at radius 2 is 2.20 bits per heavy atom. The zero-order valence-electron chi connectivity index (χ0n) is 10.2. The van der Waals surface area contributed by atoms with Gasteiger partial charge in [0.2, 0.25) is 5.91 Å². The second-order valence-electron chi connectivity index (χ2n) is 5.33. The normalized spacial score (nSPS) is 39.3. The third-order valence-electron chi connectivity index (χ3n) is 4.34. The molecule has 0 aliphatic carbocycles. The van der Waals surface area contributed by atoms with E-state index < -0.39 is 0 Å². The summed E-state index contributed by atoms with van der Waals surface area (Å²) >= 11 is 0. The van der Waals surface area contributed by atoms with Crippen LogP contribution in [0.3, 0.4) is 0 Å². The largest absolute Gasteiger partial charge is 0.351 e. The molecule has 3 nitrogen and oxygen atoms in total. The van der Waals surface area contributed by atoms with E-state index in [1.807, 2.05) is 11.9 Å². The van der Waals surface area contributed by atoms with Gasteiger partial charge in [-0.15, -0.1) is 0 Å². The zero-order chi connectivity index (χ0) is 11.3. The van der Waals surface area contributed by atoms with E-state index in [0.717, 1.165) is 19.3 Å². The Bertz CT molecular complexity index is 287. The van der Waals surface area contributed by atoms with Gasteiger partial charge in [-0.05, 0) is 19.3 Å². The van der Waals surface area contributed by atoms with Crippen molar-refractivity contribution in [2.24, 2.45) is 5.41 Å². The third kappa shape index (κ3) is 1.19. The van der Waals surface area contributed by atoms with Crippen molar-refractivity contribution < 1.29 is 9.53 Å². The smallest absolute Gasteiger partial charge is 0.224 e. The molecule has 15 heavy (non-hydrogen) atoms. The predicted molar refractivity (Wildman–Crippen MR) is 58.3 cm³/mol. The molecule has 0 saturated carbocycles. The van der Waals surface area contributed by atoms with Gasteiger partial charge in [0.25, 0.3) is 0 Å². The summed E-state index contributed by atoms with van der Waals surface area (Å²) in [6.07, 6.45) is 3.94. The number of carbonyl (C=O) groups excluding carboxylic acids is 1. The summed E-state index contributed by atoms with van der Waals surface area (Å²) in [5.74, 6) is 0.226. The first-order valence-corrected chi connectivity index (χ1v) is 5.90. The molecular weight excluding hydrogens is 190 g/mol. The maximum Gasteiger partial charge on any atom is 0.224 e. The molecule has 2 aliphatic rings. The quantitative estimate of drug-likeness (QED) is 0.665. The Morgan fingerprint density at radius 3 is 2.73 bits per heavy atom. The van der Waals surface area contributed by atoms with Gasteiger partial charge in [0.15, 0.2) is 5.72 Å². The SMILES string of the molecule is CCC1OC2(CCCC(=O)N2C)C1(C)C. The van der Waals surface area contributed by atoms with Crippen LogP contribution in [0.2, 0.25) is 0 Å². The van der Waals surface area contributed by atoms with E-state index >= 15 is 0 Å². The Hall–Kier alpha value is -0.570. The number of hydrogen-bond acceptors (Lipinski definition) is 2. The van der Waals surface area contributed by atoms with Crippen LogP contribution in [-0.4, -0.2) is 29.7 Å². The monoisotopic (exact) mass is 211 g/mol. The summed E-state index contributed by atoms with van der Waals surface area (Å²) < 4.78 is 6.02. The van der Waals surface area contributed by atoms with Crippen LogP contribution < -0.4 is 0 Å². The minimum Gasteiger partial charge on any atom is -0.351 e. The van der Waals surface area contributed by atoms with Gasteiger partial charge in [0.05, 0.1) is 6.10 Å². The highest BCUT2D eigenvalue weighted by atomic mass is 16.6. The van der Waals surface area contributed by atoms with Crippen molar-refractivity contribution in [3.8, 4) is 0 Å². The Balaban J connectivity index is 2.25. The van der Waals surface area contributed by atoms with Gasteiger partial charge in [-0.2, -0.15) is 0 Å². The third-order valence-corrected chi connectivity index (χ3v) is 4.34. The summed E-state index contributed by atoms with van der Waals surface area (Å²) in [5.41, 5.74) is -0.227. The average molecular weight is 211 g/mol. The summed E-state index contributed by atoms with van der Waals surface area (Å²) in [7, 11) is 1.88. The molecule has 2 saturated heterocycles. The number of hydrogen-bond donors (Lipinski definition) is 0. The van der Waals surface area contributed by atoms with E-state index in [1.54, 1.807) is 0 Å². The fourth-order valence-corrected chi connectivity index (χ4v) is 3.23. The lowest BCUT2D eigenvalue weighted by atomic mass is 9.65. The lowest BCUT2D eigenvalue weighted by Gasteiger charge is -2.65. The lowest BCUT2D eigenvalue weighted by molar-refractivity contribution is -0.364. The number of amides is 1. The second kappa shape index (κ2) is 3.21. The summed E-state index contributed by atoms with van der Waals surface area (Å²) in [6, 6.07) is 0. The Kier molecular flexibility index (Phi) is 2.34. The Labute approximate surface area is 91.8 Å². The molecule has 0 N–H and O–H groups in total. The van der Waals surface area contributed by atoms with Crippen LogP contribution in [0.4, 0.5) is 0 Å². The van der Waals surface area contributed by atoms with Crippen LogP contribution in [0.15, 0.2) is 0 Å². The number of nitrogens with zero attached hydrogens (tertiary/aromatic N) is 1. The molecule has 2 aliphatic heterocycles. The van der Waals surface area contributed by atoms with Gasteiger partial charge in [-0.1, -0.05) is 20.8 Å². The maximum atomic E-state index is 11.7. The van der Waals surface area contributed by atoms with E-state index in [2.05, 4.69) is 20.8 Å². The fourth-order valence-electron chi connectivity index (χ4n) is 3.23. The van der Waals surface area contributed by atoms with Gasteiger partial charge < -0.3 is 9.64 Å². The van der Waals surface area contributed by atoms with E-state index in [0.29, 0.717) is 12.5 Å². The van der Waals surface area contributed by atoms with Crippen LogP contribution in [-0.2, 0) is 9.53 Å². The van der Waals surface area contributed by atoms with Crippen LogP contribution in [0.5, 0.6) is 0 Å². The first-order chi connectivity index (χ1) is 6.95. The molecule has 1 amide bonds. The van der Waals surface area contributed by atoms with Crippen LogP contribution >= 0.6 is 0 Å².